The summed E-state index contributed by atoms with van der Waals surface area (Å²) < 4.78 is 3.90. The number of aromatic nitrogens is 1. The number of Topliss-reactive ketones (excluding diaryl/α,β-unsaturated/α-hetero) is 1. The number of nitrogens with zero attached hydrogens (tertiary/aromatic N) is 1. The normalized spacial score (nSPS) is 10.1. The van der Waals surface area contributed by atoms with Crippen molar-refractivity contribution < 1.29 is 4.79 Å². The average Bonchev–Trinajstić information content (AvgIpc) is 2.74. The molecule has 0 aliphatic carbocycles. The Balaban J connectivity index is 2.09. The minimum atomic E-state index is 0.0993. The zero-order chi connectivity index (χ0) is 10.7. The summed E-state index contributed by atoms with van der Waals surface area (Å²) in [6.45, 7) is 0. The van der Waals surface area contributed by atoms with E-state index in [1.165, 1.54) is 11.5 Å². The van der Waals surface area contributed by atoms with Crippen molar-refractivity contribution in [3.05, 3.63) is 47.0 Å². The summed E-state index contributed by atoms with van der Waals surface area (Å²) in [5.74, 6) is 0.0993. The molecule has 0 saturated heterocycles. The van der Waals surface area contributed by atoms with E-state index in [2.05, 4.69) is 4.37 Å². The molecule has 0 spiro atoms. The first-order valence-corrected chi connectivity index (χ1v) is 5.31. The molecule has 0 aliphatic rings. The number of carbonyl (C=O) groups excluding carboxylic acids is 1. The Morgan fingerprint density at radius 1 is 1.27 bits per heavy atom. The number of anilines is 1. The van der Waals surface area contributed by atoms with E-state index in [4.69, 9.17) is 5.73 Å². The third-order valence-corrected chi connectivity index (χ3v) is 2.84. The monoisotopic (exact) mass is 218 g/mol. The van der Waals surface area contributed by atoms with Crippen LogP contribution in [0.2, 0.25) is 0 Å². The van der Waals surface area contributed by atoms with Gasteiger partial charge in [0.2, 0.25) is 0 Å². The summed E-state index contributed by atoms with van der Waals surface area (Å²) >= 11 is 1.23. The summed E-state index contributed by atoms with van der Waals surface area (Å²) in [5.41, 5.74) is 7.25. The second kappa shape index (κ2) is 4.23. The maximum atomic E-state index is 11.7. The average molecular weight is 218 g/mol. The van der Waals surface area contributed by atoms with Crippen molar-refractivity contribution in [3.8, 4) is 0 Å². The molecule has 2 aromatic rings. The summed E-state index contributed by atoms with van der Waals surface area (Å²) in [7, 11) is 0. The lowest BCUT2D eigenvalue weighted by Gasteiger charge is -1.99. The predicted molar refractivity (Wildman–Crippen MR) is 61.0 cm³/mol. The van der Waals surface area contributed by atoms with Crippen molar-refractivity contribution in [1.82, 2.24) is 4.37 Å². The number of hydrogen-bond acceptors (Lipinski definition) is 4. The molecule has 1 aromatic carbocycles. The number of ketones is 1. The zero-order valence-corrected chi connectivity index (χ0v) is 8.83. The lowest BCUT2D eigenvalue weighted by Crippen LogP contribution is -2.01. The van der Waals surface area contributed by atoms with Gasteiger partial charge < -0.3 is 5.73 Å². The standard InChI is InChI=1S/C11H10N2OS/c12-9-3-1-8(2-4-9)7-10(14)11-5-6-13-15-11/h1-6H,7,12H2. The summed E-state index contributed by atoms with van der Waals surface area (Å²) in [4.78, 5) is 12.4. The van der Waals surface area contributed by atoms with Gasteiger partial charge in [-0.05, 0) is 35.3 Å². The molecule has 0 amide bonds. The lowest BCUT2D eigenvalue weighted by molar-refractivity contribution is 0.0997. The number of hydrogen-bond donors (Lipinski definition) is 1. The first-order chi connectivity index (χ1) is 7.25. The molecular weight excluding hydrogens is 208 g/mol. The molecule has 0 unspecified atom stereocenters. The molecule has 2 N–H and O–H groups in total. The Kier molecular flexibility index (Phi) is 2.78. The van der Waals surface area contributed by atoms with Gasteiger partial charge in [-0.15, -0.1) is 0 Å². The summed E-state index contributed by atoms with van der Waals surface area (Å²) in [6, 6.07) is 9.08. The van der Waals surface area contributed by atoms with E-state index in [1.54, 1.807) is 24.4 Å². The van der Waals surface area contributed by atoms with Crippen LogP contribution in [0.15, 0.2) is 36.5 Å². The summed E-state index contributed by atoms with van der Waals surface area (Å²) in [5, 5.41) is 0. The highest BCUT2D eigenvalue weighted by molar-refractivity contribution is 7.08. The van der Waals surface area contributed by atoms with Gasteiger partial charge in [0, 0.05) is 18.3 Å². The molecule has 2 rings (SSSR count). The van der Waals surface area contributed by atoms with Crippen LogP contribution in [-0.2, 0) is 6.42 Å². The van der Waals surface area contributed by atoms with Crippen LogP contribution in [0, 0.1) is 0 Å². The van der Waals surface area contributed by atoms with Crippen LogP contribution in [0.3, 0.4) is 0 Å². The quantitative estimate of drug-likeness (QED) is 0.634. The van der Waals surface area contributed by atoms with Crippen LogP contribution >= 0.6 is 11.5 Å². The second-order valence-corrected chi connectivity index (χ2v) is 4.05. The van der Waals surface area contributed by atoms with Crippen LogP contribution in [0.5, 0.6) is 0 Å². The number of carbonyl (C=O) groups is 1. The van der Waals surface area contributed by atoms with Crippen LogP contribution in [-0.4, -0.2) is 10.2 Å². The smallest absolute Gasteiger partial charge is 0.178 e. The third-order valence-electron chi connectivity index (χ3n) is 2.06. The van der Waals surface area contributed by atoms with E-state index < -0.39 is 0 Å². The van der Waals surface area contributed by atoms with Gasteiger partial charge in [-0.25, -0.2) is 4.37 Å². The summed E-state index contributed by atoms with van der Waals surface area (Å²) in [6.07, 6.45) is 2.04. The van der Waals surface area contributed by atoms with E-state index in [9.17, 15) is 4.79 Å². The zero-order valence-electron chi connectivity index (χ0n) is 8.01. The second-order valence-electron chi connectivity index (χ2n) is 3.22. The van der Waals surface area contributed by atoms with Gasteiger partial charge >= 0.3 is 0 Å². The topological polar surface area (TPSA) is 56.0 Å². The molecule has 4 heteroatoms. The van der Waals surface area contributed by atoms with Crippen molar-refractivity contribution in [1.29, 1.82) is 0 Å². The Hall–Kier alpha value is -1.68. The van der Waals surface area contributed by atoms with E-state index in [0.29, 0.717) is 17.0 Å². The molecule has 0 fully saturated rings. The fraction of sp³-hybridized carbons (Fsp3) is 0.0909. The van der Waals surface area contributed by atoms with E-state index in [1.807, 2.05) is 12.1 Å². The van der Waals surface area contributed by atoms with E-state index in [0.717, 1.165) is 5.56 Å². The van der Waals surface area contributed by atoms with Gasteiger partial charge in [-0.3, -0.25) is 4.79 Å². The Morgan fingerprint density at radius 3 is 2.60 bits per heavy atom. The van der Waals surface area contributed by atoms with Crippen molar-refractivity contribution in [3.63, 3.8) is 0 Å². The molecule has 0 saturated carbocycles. The van der Waals surface area contributed by atoms with E-state index >= 15 is 0 Å². The van der Waals surface area contributed by atoms with Crippen LogP contribution in [0.25, 0.3) is 0 Å². The van der Waals surface area contributed by atoms with Gasteiger partial charge in [0.15, 0.2) is 5.78 Å². The van der Waals surface area contributed by atoms with E-state index in [-0.39, 0.29) is 5.78 Å². The van der Waals surface area contributed by atoms with Crippen LogP contribution < -0.4 is 5.73 Å². The number of nitrogens with two attached hydrogens (primary N) is 1. The van der Waals surface area contributed by atoms with Crippen molar-refractivity contribution in [2.75, 3.05) is 5.73 Å². The maximum absolute atomic E-state index is 11.7. The fourth-order valence-electron chi connectivity index (χ4n) is 1.27. The molecule has 0 atom stereocenters. The molecule has 0 aliphatic heterocycles. The largest absolute Gasteiger partial charge is 0.399 e. The maximum Gasteiger partial charge on any atom is 0.178 e. The van der Waals surface area contributed by atoms with Crippen molar-refractivity contribution in [2.45, 2.75) is 6.42 Å². The molecule has 15 heavy (non-hydrogen) atoms. The fourth-order valence-corrected chi connectivity index (χ4v) is 1.80. The minimum Gasteiger partial charge on any atom is -0.399 e. The highest BCUT2D eigenvalue weighted by Crippen LogP contribution is 2.12. The number of rotatable bonds is 3. The molecule has 1 heterocycles. The first kappa shape index (κ1) is 9.86. The molecule has 3 nitrogen and oxygen atoms in total. The van der Waals surface area contributed by atoms with Gasteiger partial charge in [0.25, 0.3) is 0 Å². The predicted octanol–water partition coefficient (Wildman–Crippen LogP) is 2.15. The van der Waals surface area contributed by atoms with Gasteiger partial charge in [0.1, 0.15) is 0 Å². The van der Waals surface area contributed by atoms with Crippen molar-refractivity contribution in [2.24, 2.45) is 0 Å². The highest BCUT2D eigenvalue weighted by atomic mass is 32.1. The SMILES string of the molecule is Nc1ccc(CC(=O)c2ccns2)cc1. The molecule has 0 radical (unpaired) electrons. The molecule has 0 bridgehead atoms. The van der Waals surface area contributed by atoms with Gasteiger partial charge in [-0.1, -0.05) is 12.1 Å². The van der Waals surface area contributed by atoms with Crippen LogP contribution in [0.1, 0.15) is 15.2 Å². The highest BCUT2D eigenvalue weighted by Gasteiger charge is 2.08. The first-order valence-electron chi connectivity index (χ1n) is 4.54. The van der Waals surface area contributed by atoms with Crippen molar-refractivity contribution >= 4 is 23.0 Å². The number of nitrogen functional groups attached to an aromatic ring is 1. The van der Waals surface area contributed by atoms with Gasteiger partial charge in [0.05, 0.1) is 4.88 Å². The van der Waals surface area contributed by atoms with Gasteiger partial charge in [-0.2, -0.15) is 0 Å². The lowest BCUT2D eigenvalue weighted by atomic mass is 10.1. The molecule has 76 valence electrons. The Bertz CT molecular complexity index is 448. The Labute approximate surface area is 91.7 Å². The van der Waals surface area contributed by atoms with Crippen LogP contribution in [0.4, 0.5) is 5.69 Å². The third kappa shape index (κ3) is 2.41. The Morgan fingerprint density at radius 2 is 2.00 bits per heavy atom. The molecular formula is C11H10N2OS. The molecule has 1 aromatic heterocycles. The minimum absolute atomic E-state index is 0.0993. The number of benzene rings is 1.